The fourth-order valence-corrected chi connectivity index (χ4v) is 4.93. The van der Waals surface area contributed by atoms with Gasteiger partial charge in [0.05, 0.1) is 0 Å². The number of rotatable bonds is 3. The van der Waals surface area contributed by atoms with E-state index in [1.54, 1.807) is 0 Å². The SMILES string of the molecule is O=C(Nc1ccccc1)N1CCC2(CCCN(CC3CCOCC3)C2)C1. The highest BCUT2D eigenvalue weighted by Gasteiger charge is 2.43. The number of amides is 2. The molecule has 26 heavy (non-hydrogen) atoms. The van der Waals surface area contributed by atoms with Crippen molar-refractivity contribution in [2.24, 2.45) is 11.3 Å². The molecule has 3 heterocycles. The molecule has 5 nitrogen and oxygen atoms in total. The number of piperidine rings is 1. The van der Waals surface area contributed by atoms with Crippen LogP contribution in [-0.2, 0) is 4.74 Å². The summed E-state index contributed by atoms with van der Waals surface area (Å²) in [4.78, 5) is 17.3. The number of ether oxygens (including phenoxy) is 1. The summed E-state index contributed by atoms with van der Waals surface area (Å²) >= 11 is 0. The lowest BCUT2D eigenvalue weighted by Gasteiger charge is -2.42. The topological polar surface area (TPSA) is 44.8 Å². The summed E-state index contributed by atoms with van der Waals surface area (Å²) in [7, 11) is 0. The molecule has 1 aromatic carbocycles. The minimum Gasteiger partial charge on any atom is -0.381 e. The second-order valence-electron chi connectivity index (χ2n) is 8.36. The van der Waals surface area contributed by atoms with Gasteiger partial charge in [0.25, 0.3) is 0 Å². The lowest BCUT2D eigenvalue weighted by Crippen LogP contribution is -2.47. The van der Waals surface area contributed by atoms with Crippen molar-refractivity contribution in [3.63, 3.8) is 0 Å². The second kappa shape index (κ2) is 7.97. The van der Waals surface area contributed by atoms with Crippen LogP contribution < -0.4 is 5.32 Å². The van der Waals surface area contributed by atoms with E-state index >= 15 is 0 Å². The van der Waals surface area contributed by atoms with Crippen LogP contribution in [0.25, 0.3) is 0 Å². The number of nitrogens with zero attached hydrogens (tertiary/aromatic N) is 2. The van der Waals surface area contributed by atoms with Gasteiger partial charge in [0.15, 0.2) is 0 Å². The van der Waals surface area contributed by atoms with E-state index in [0.717, 1.165) is 50.9 Å². The maximum atomic E-state index is 12.6. The smallest absolute Gasteiger partial charge is 0.321 e. The van der Waals surface area contributed by atoms with Crippen molar-refractivity contribution in [1.82, 2.24) is 9.80 Å². The highest BCUT2D eigenvalue weighted by molar-refractivity contribution is 5.89. The number of benzene rings is 1. The quantitative estimate of drug-likeness (QED) is 0.901. The van der Waals surface area contributed by atoms with E-state index in [1.807, 2.05) is 35.2 Å². The Morgan fingerprint density at radius 3 is 2.73 bits per heavy atom. The largest absolute Gasteiger partial charge is 0.381 e. The van der Waals surface area contributed by atoms with Gasteiger partial charge in [-0.2, -0.15) is 0 Å². The number of urea groups is 1. The van der Waals surface area contributed by atoms with Crippen molar-refractivity contribution in [2.75, 3.05) is 51.3 Å². The van der Waals surface area contributed by atoms with Gasteiger partial charge >= 0.3 is 6.03 Å². The molecule has 3 saturated heterocycles. The van der Waals surface area contributed by atoms with Gasteiger partial charge in [-0.1, -0.05) is 18.2 Å². The average molecular weight is 357 g/mol. The summed E-state index contributed by atoms with van der Waals surface area (Å²) in [5.74, 6) is 0.790. The van der Waals surface area contributed by atoms with Gasteiger partial charge in [0.2, 0.25) is 0 Å². The fraction of sp³-hybridized carbons (Fsp3) is 0.667. The molecular weight excluding hydrogens is 326 g/mol. The molecule has 3 fully saturated rings. The number of hydrogen-bond donors (Lipinski definition) is 1. The zero-order chi connectivity index (χ0) is 17.8. The number of para-hydroxylation sites is 1. The Kier molecular flexibility index (Phi) is 5.46. The van der Waals surface area contributed by atoms with Crippen molar-refractivity contribution >= 4 is 11.7 Å². The molecule has 0 radical (unpaired) electrons. The molecule has 1 spiro atoms. The van der Waals surface area contributed by atoms with Crippen molar-refractivity contribution in [3.05, 3.63) is 30.3 Å². The van der Waals surface area contributed by atoms with Gasteiger partial charge in [-0.05, 0) is 56.7 Å². The van der Waals surface area contributed by atoms with Gasteiger partial charge in [-0.3, -0.25) is 0 Å². The number of carbonyl (C=O) groups excluding carboxylic acids is 1. The molecule has 1 aromatic rings. The first-order chi connectivity index (χ1) is 12.7. The van der Waals surface area contributed by atoms with E-state index in [4.69, 9.17) is 4.74 Å². The van der Waals surface area contributed by atoms with Crippen LogP contribution in [0, 0.1) is 11.3 Å². The van der Waals surface area contributed by atoms with E-state index in [9.17, 15) is 4.79 Å². The first kappa shape index (κ1) is 17.8. The predicted molar refractivity (Wildman–Crippen MR) is 103 cm³/mol. The molecule has 3 aliphatic heterocycles. The molecule has 2 amide bonds. The summed E-state index contributed by atoms with van der Waals surface area (Å²) in [5, 5.41) is 3.04. The van der Waals surface area contributed by atoms with Crippen LogP contribution >= 0.6 is 0 Å². The van der Waals surface area contributed by atoms with E-state index in [0.29, 0.717) is 5.41 Å². The standard InChI is InChI=1S/C21H31N3O2/c25-20(22-19-5-2-1-3-6-19)24-12-10-21(17-24)9-4-11-23(16-21)15-18-7-13-26-14-8-18/h1-3,5-6,18H,4,7-17H2,(H,22,25). The van der Waals surface area contributed by atoms with Crippen LogP contribution in [0.4, 0.5) is 10.5 Å². The Labute approximate surface area is 156 Å². The second-order valence-corrected chi connectivity index (χ2v) is 8.36. The monoisotopic (exact) mass is 357 g/mol. The lowest BCUT2D eigenvalue weighted by molar-refractivity contribution is 0.0321. The molecule has 5 heteroatoms. The highest BCUT2D eigenvalue weighted by Crippen LogP contribution is 2.39. The third-order valence-corrected chi connectivity index (χ3v) is 6.35. The van der Waals surface area contributed by atoms with Gasteiger partial charge < -0.3 is 19.9 Å². The van der Waals surface area contributed by atoms with Gasteiger partial charge in [0.1, 0.15) is 0 Å². The predicted octanol–water partition coefficient (Wildman–Crippen LogP) is 3.43. The third kappa shape index (κ3) is 4.21. The van der Waals surface area contributed by atoms with Crippen LogP contribution in [-0.4, -0.2) is 61.8 Å². The zero-order valence-electron chi connectivity index (χ0n) is 15.7. The number of likely N-dealkylation sites (tertiary alicyclic amines) is 2. The van der Waals surface area contributed by atoms with Crippen LogP contribution in [0.2, 0.25) is 0 Å². The van der Waals surface area contributed by atoms with E-state index in [-0.39, 0.29) is 6.03 Å². The van der Waals surface area contributed by atoms with Crippen molar-refractivity contribution in [3.8, 4) is 0 Å². The average Bonchev–Trinajstić information content (AvgIpc) is 3.07. The molecule has 4 rings (SSSR count). The first-order valence-corrected chi connectivity index (χ1v) is 10.1. The van der Waals surface area contributed by atoms with Crippen molar-refractivity contribution in [1.29, 1.82) is 0 Å². The lowest BCUT2D eigenvalue weighted by atomic mass is 9.79. The van der Waals surface area contributed by atoms with E-state index in [1.165, 1.54) is 38.8 Å². The number of anilines is 1. The van der Waals surface area contributed by atoms with E-state index in [2.05, 4.69) is 10.2 Å². The molecular formula is C21H31N3O2. The normalized spacial score (nSPS) is 27.8. The van der Waals surface area contributed by atoms with Crippen LogP contribution in [0.5, 0.6) is 0 Å². The maximum absolute atomic E-state index is 12.6. The summed E-state index contributed by atoms with van der Waals surface area (Å²) in [6, 6.07) is 9.82. The Bertz CT molecular complexity index is 603. The molecule has 0 aliphatic carbocycles. The minimum absolute atomic E-state index is 0.0506. The van der Waals surface area contributed by atoms with Crippen molar-refractivity contribution < 1.29 is 9.53 Å². The first-order valence-electron chi connectivity index (χ1n) is 10.1. The summed E-state index contributed by atoms with van der Waals surface area (Å²) in [6.07, 6.45) is 6.06. The Morgan fingerprint density at radius 1 is 1.12 bits per heavy atom. The minimum atomic E-state index is 0.0506. The molecule has 1 unspecified atom stereocenters. The molecule has 0 saturated carbocycles. The summed E-state index contributed by atoms with van der Waals surface area (Å²) in [5.41, 5.74) is 1.18. The zero-order valence-corrected chi connectivity index (χ0v) is 15.7. The number of hydrogen-bond acceptors (Lipinski definition) is 3. The molecule has 1 N–H and O–H groups in total. The van der Waals surface area contributed by atoms with Gasteiger partial charge in [-0.25, -0.2) is 4.79 Å². The summed E-state index contributed by atoms with van der Waals surface area (Å²) < 4.78 is 5.50. The summed E-state index contributed by atoms with van der Waals surface area (Å²) in [6.45, 7) is 7.21. The Hall–Kier alpha value is -1.59. The van der Waals surface area contributed by atoms with Crippen LogP contribution in [0.1, 0.15) is 32.1 Å². The van der Waals surface area contributed by atoms with Gasteiger partial charge in [0, 0.05) is 50.5 Å². The van der Waals surface area contributed by atoms with Crippen LogP contribution in [0.3, 0.4) is 0 Å². The molecule has 1 atom stereocenters. The van der Waals surface area contributed by atoms with Crippen LogP contribution in [0.15, 0.2) is 30.3 Å². The maximum Gasteiger partial charge on any atom is 0.321 e. The van der Waals surface area contributed by atoms with Crippen molar-refractivity contribution in [2.45, 2.75) is 32.1 Å². The highest BCUT2D eigenvalue weighted by atomic mass is 16.5. The molecule has 0 bridgehead atoms. The Balaban J connectivity index is 1.31. The van der Waals surface area contributed by atoms with E-state index < -0.39 is 0 Å². The third-order valence-electron chi connectivity index (χ3n) is 6.35. The molecule has 142 valence electrons. The van der Waals surface area contributed by atoms with Gasteiger partial charge in [-0.15, -0.1) is 0 Å². The molecule has 0 aromatic heterocycles. The number of nitrogens with one attached hydrogen (secondary N) is 1. The Morgan fingerprint density at radius 2 is 1.92 bits per heavy atom. The fourth-order valence-electron chi connectivity index (χ4n) is 4.93. The molecule has 3 aliphatic rings. The number of carbonyl (C=O) groups is 1.